The smallest absolute Gasteiger partial charge is 0.126 e. The van der Waals surface area contributed by atoms with Crippen LogP contribution in [0.15, 0.2) is 18.2 Å². The molecule has 1 aliphatic heterocycles. The summed E-state index contributed by atoms with van der Waals surface area (Å²) >= 11 is 0. The Kier molecular flexibility index (Phi) is 5.56. The molecule has 0 aliphatic carbocycles. The number of nitrogens with zero attached hydrogens (tertiary/aromatic N) is 1. The van der Waals surface area contributed by atoms with Crippen LogP contribution in [0.5, 0.6) is 0 Å². The van der Waals surface area contributed by atoms with Gasteiger partial charge in [-0.3, -0.25) is 0 Å². The van der Waals surface area contributed by atoms with Crippen molar-refractivity contribution in [2.75, 3.05) is 20.1 Å². The highest BCUT2D eigenvalue weighted by atomic mass is 19.1. The minimum atomic E-state index is -0.469. The van der Waals surface area contributed by atoms with Gasteiger partial charge in [0.15, 0.2) is 0 Å². The molecule has 0 amide bonds. The Labute approximate surface area is 102 Å². The molecule has 0 saturated carbocycles. The molecule has 0 aromatic heterocycles. The molecule has 1 heterocycles. The van der Waals surface area contributed by atoms with Crippen LogP contribution < -0.4 is 0 Å². The van der Waals surface area contributed by atoms with Crippen LogP contribution in [0.4, 0.5) is 8.78 Å². The van der Waals surface area contributed by atoms with Crippen molar-refractivity contribution in [2.24, 2.45) is 0 Å². The number of rotatable bonds is 1. The summed E-state index contributed by atoms with van der Waals surface area (Å²) in [7, 11) is 2.07. The van der Waals surface area contributed by atoms with Gasteiger partial charge in [0.1, 0.15) is 11.6 Å². The third-order valence-corrected chi connectivity index (χ3v) is 3.07. The molecule has 96 valence electrons. The minimum Gasteiger partial charge on any atom is -0.306 e. The van der Waals surface area contributed by atoms with Gasteiger partial charge in [0.2, 0.25) is 0 Å². The average Bonchev–Trinajstić information content (AvgIpc) is 2.31. The van der Waals surface area contributed by atoms with Crippen LogP contribution in [-0.2, 0) is 0 Å². The predicted molar refractivity (Wildman–Crippen MR) is 67.2 cm³/mol. The Morgan fingerprint density at radius 1 is 1.00 bits per heavy atom. The summed E-state index contributed by atoms with van der Waals surface area (Å²) in [5.74, 6) is -0.626. The van der Waals surface area contributed by atoms with E-state index in [1.165, 1.54) is 12.1 Å². The predicted octanol–water partition coefficient (Wildman–Crippen LogP) is 3.80. The van der Waals surface area contributed by atoms with Crippen molar-refractivity contribution < 1.29 is 8.78 Å². The molecule has 0 N–H and O–H groups in total. The minimum absolute atomic E-state index is 0.311. The van der Waals surface area contributed by atoms with Crippen molar-refractivity contribution in [3.8, 4) is 0 Å². The van der Waals surface area contributed by atoms with E-state index in [-0.39, 0.29) is 0 Å². The highest BCUT2D eigenvalue weighted by Crippen LogP contribution is 2.28. The first-order valence-electron chi connectivity index (χ1n) is 6.29. The zero-order chi connectivity index (χ0) is 12.8. The van der Waals surface area contributed by atoms with Gasteiger partial charge in [-0.15, -0.1) is 0 Å². The molecule has 1 aromatic carbocycles. The Morgan fingerprint density at radius 3 is 1.94 bits per heavy atom. The lowest BCUT2D eigenvalue weighted by Crippen LogP contribution is -2.29. The first kappa shape index (κ1) is 14.1. The molecule has 0 unspecified atom stereocenters. The van der Waals surface area contributed by atoms with Crippen LogP contribution >= 0.6 is 0 Å². The summed E-state index contributed by atoms with van der Waals surface area (Å²) in [5.41, 5.74) is 0.806. The van der Waals surface area contributed by atoms with Gasteiger partial charge in [-0.25, -0.2) is 8.78 Å². The second-order valence-corrected chi connectivity index (χ2v) is 4.28. The average molecular weight is 241 g/mol. The van der Waals surface area contributed by atoms with Crippen molar-refractivity contribution in [1.82, 2.24) is 4.90 Å². The van der Waals surface area contributed by atoms with Crippen LogP contribution in [-0.4, -0.2) is 25.0 Å². The van der Waals surface area contributed by atoms with Gasteiger partial charge in [-0.1, -0.05) is 13.8 Å². The van der Waals surface area contributed by atoms with Crippen molar-refractivity contribution in [1.29, 1.82) is 0 Å². The topological polar surface area (TPSA) is 3.24 Å². The van der Waals surface area contributed by atoms with E-state index >= 15 is 0 Å². The van der Waals surface area contributed by atoms with E-state index < -0.39 is 11.6 Å². The summed E-state index contributed by atoms with van der Waals surface area (Å²) in [4.78, 5) is 2.24. The van der Waals surface area contributed by atoms with Crippen molar-refractivity contribution in [2.45, 2.75) is 32.6 Å². The Hall–Kier alpha value is -0.960. The summed E-state index contributed by atoms with van der Waals surface area (Å²) in [6, 6.07) is 3.84. The van der Waals surface area contributed by atoms with E-state index in [4.69, 9.17) is 0 Å². The molecule has 3 heteroatoms. The number of hydrogen-bond donors (Lipinski definition) is 0. The molecule has 0 spiro atoms. The first-order valence-corrected chi connectivity index (χ1v) is 6.29. The second kappa shape index (κ2) is 6.70. The highest BCUT2D eigenvalue weighted by Gasteiger charge is 2.19. The molecule has 17 heavy (non-hydrogen) atoms. The molecular formula is C14H21F2N. The maximum absolute atomic E-state index is 13.0. The lowest BCUT2D eigenvalue weighted by atomic mass is 9.89. The maximum atomic E-state index is 13.0. The molecule has 1 aromatic rings. The molecule has 0 bridgehead atoms. The third kappa shape index (κ3) is 4.08. The van der Waals surface area contributed by atoms with Gasteiger partial charge in [0, 0.05) is 6.07 Å². The number of likely N-dealkylation sites (tertiary alicyclic amines) is 1. The fourth-order valence-electron chi connectivity index (χ4n) is 2.15. The molecule has 1 nitrogen and oxygen atoms in total. The van der Waals surface area contributed by atoms with E-state index in [2.05, 4.69) is 11.9 Å². The van der Waals surface area contributed by atoms with Gasteiger partial charge in [-0.2, -0.15) is 0 Å². The molecule has 1 aliphatic rings. The van der Waals surface area contributed by atoms with E-state index in [1.807, 2.05) is 13.8 Å². The van der Waals surface area contributed by atoms with Gasteiger partial charge < -0.3 is 4.90 Å². The Morgan fingerprint density at radius 2 is 1.47 bits per heavy atom. The van der Waals surface area contributed by atoms with Gasteiger partial charge in [0.25, 0.3) is 0 Å². The third-order valence-electron chi connectivity index (χ3n) is 3.07. The van der Waals surface area contributed by atoms with Crippen LogP contribution in [0.1, 0.15) is 38.2 Å². The summed E-state index contributed by atoms with van der Waals surface area (Å²) in [6.45, 7) is 6.01. The van der Waals surface area contributed by atoms with Gasteiger partial charge in [-0.05, 0) is 56.6 Å². The fourth-order valence-corrected chi connectivity index (χ4v) is 2.15. The molecule has 1 fully saturated rings. The number of halogens is 2. The van der Waals surface area contributed by atoms with E-state index in [9.17, 15) is 8.78 Å². The summed E-state index contributed by atoms with van der Waals surface area (Å²) < 4.78 is 26.0. The molecule has 0 atom stereocenters. The Bertz CT molecular complexity index is 324. The lowest BCUT2D eigenvalue weighted by molar-refractivity contribution is 0.255. The number of hydrogen-bond acceptors (Lipinski definition) is 1. The first-order chi connectivity index (χ1) is 8.15. The number of piperidine rings is 1. The zero-order valence-corrected chi connectivity index (χ0v) is 10.8. The van der Waals surface area contributed by atoms with Crippen molar-refractivity contribution in [3.63, 3.8) is 0 Å². The second-order valence-electron chi connectivity index (χ2n) is 4.28. The molecular weight excluding hydrogens is 220 g/mol. The van der Waals surface area contributed by atoms with E-state index in [0.29, 0.717) is 5.92 Å². The standard InChI is InChI=1S/C12H15F2N.C2H6/c1-15-4-2-9(3-5-15)10-6-11(13)8-12(14)7-10;1-2/h6-9H,2-5H2,1H3;1-2H3. The maximum Gasteiger partial charge on any atom is 0.126 e. The number of benzene rings is 1. The largest absolute Gasteiger partial charge is 0.306 e. The molecule has 2 rings (SSSR count). The van der Waals surface area contributed by atoms with Crippen LogP contribution in [0.25, 0.3) is 0 Å². The van der Waals surface area contributed by atoms with E-state index in [0.717, 1.165) is 37.6 Å². The SMILES string of the molecule is CC.CN1CCC(c2cc(F)cc(F)c2)CC1. The quantitative estimate of drug-likeness (QED) is 0.723. The van der Waals surface area contributed by atoms with Crippen LogP contribution in [0.3, 0.4) is 0 Å². The van der Waals surface area contributed by atoms with Crippen LogP contribution in [0.2, 0.25) is 0 Å². The zero-order valence-electron chi connectivity index (χ0n) is 10.8. The van der Waals surface area contributed by atoms with Crippen molar-refractivity contribution >= 4 is 0 Å². The molecule has 1 saturated heterocycles. The normalized spacial score (nSPS) is 17.5. The summed E-state index contributed by atoms with van der Waals surface area (Å²) in [5, 5.41) is 0. The lowest BCUT2D eigenvalue weighted by Gasteiger charge is -2.29. The van der Waals surface area contributed by atoms with Crippen LogP contribution in [0, 0.1) is 11.6 Å². The summed E-state index contributed by atoms with van der Waals surface area (Å²) in [6.07, 6.45) is 1.97. The van der Waals surface area contributed by atoms with E-state index in [1.54, 1.807) is 0 Å². The highest BCUT2D eigenvalue weighted by molar-refractivity contribution is 5.22. The van der Waals surface area contributed by atoms with Crippen molar-refractivity contribution in [3.05, 3.63) is 35.4 Å². The monoisotopic (exact) mass is 241 g/mol. The van der Waals surface area contributed by atoms with Gasteiger partial charge in [0.05, 0.1) is 0 Å². The molecule has 0 radical (unpaired) electrons. The van der Waals surface area contributed by atoms with Gasteiger partial charge >= 0.3 is 0 Å². The Balaban J connectivity index is 0.000000686. The fraction of sp³-hybridized carbons (Fsp3) is 0.571.